The average molecular weight is 322 g/mol. The van der Waals surface area contributed by atoms with Crippen LogP contribution < -0.4 is 0 Å². The second-order valence-electron chi connectivity index (χ2n) is 8.31. The van der Waals surface area contributed by atoms with E-state index in [2.05, 4.69) is 33.4 Å². The van der Waals surface area contributed by atoms with Gasteiger partial charge in [0.15, 0.2) is 0 Å². The summed E-state index contributed by atoms with van der Waals surface area (Å²) >= 11 is 0. The average Bonchev–Trinajstić information content (AvgIpc) is 2.46. The van der Waals surface area contributed by atoms with E-state index in [1.165, 1.54) is 5.57 Å². The Bertz CT molecular complexity index is 466. The lowest BCUT2D eigenvalue weighted by Gasteiger charge is -2.51. The van der Waals surface area contributed by atoms with Crippen molar-refractivity contribution in [2.24, 2.45) is 5.92 Å². The molecule has 3 aliphatic rings. The van der Waals surface area contributed by atoms with Gasteiger partial charge >= 0.3 is 0 Å². The zero-order valence-corrected chi connectivity index (χ0v) is 15.3. The molecule has 1 fully saturated rings. The third-order valence-corrected chi connectivity index (χ3v) is 5.92. The third-order valence-electron chi connectivity index (χ3n) is 5.92. The van der Waals surface area contributed by atoms with Gasteiger partial charge in [-0.2, -0.15) is 0 Å². The first kappa shape index (κ1) is 18.7. The zero-order valence-electron chi connectivity index (χ0n) is 15.3. The topological polar surface area (TPSA) is 49.7 Å². The van der Waals surface area contributed by atoms with Crippen molar-refractivity contribution in [2.75, 3.05) is 0 Å². The van der Waals surface area contributed by atoms with Crippen molar-refractivity contribution < 1.29 is 14.9 Å². The number of fused-ring (bicyclic) bond motifs is 10. The summed E-state index contributed by atoms with van der Waals surface area (Å²) in [6.45, 7) is 12.5. The lowest BCUT2D eigenvalue weighted by molar-refractivity contribution is -0.245. The fourth-order valence-corrected chi connectivity index (χ4v) is 4.04. The maximum atomic E-state index is 10.7. The molecule has 1 saturated heterocycles. The van der Waals surface area contributed by atoms with Crippen LogP contribution in [0.1, 0.15) is 72.6 Å². The van der Waals surface area contributed by atoms with E-state index in [0.29, 0.717) is 18.8 Å². The number of rotatable bonds is 0. The van der Waals surface area contributed by atoms with Crippen molar-refractivity contribution in [1.82, 2.24) is 0 Å². The molecule has 2 bridgehead atoms. The molecule has 4 unspecified atom stereocenters. The molecule has 4 atom stereocenters. The summed E-state index contributed by atoms with van der Waals surface area (Å²) in [6.07, 6.45) is 7.15. The van der Waals surface area contributed by atoms with Gasteiger partial charge in [0.2, 0.25) is 0 Å². The van der Waals surface area contributed by atoms with Crippen LogP contribution in [0.5, 0.6) is 0 Å². The summed E-state index contributed by atoms with van der Waals surface area (Å²) in [5.41, 5.74) is 1.43. The molecular weight excluding hydrogens is 288 g/mol. The molecule has 0 saturated carbocycles. The monoisotopic (exact) mass is 322 g/mol. The van der Waals surface area contributed by atoms with E-state index < -0.39 is 17.8 Å². The van der Waals surface area contributed by atoms with Gasteiger partial charge in [0.25, 0.3) is 0 Å². The first-order chi connectivity index (χ1) is 10.6. The van der Waals surface area contributed by atoms with Crippen LogP contribution >= 0.6 is 0 Å². The van der Waals surface area contributed by atoms with Crippen molar-refractivity contribution >= 4 is 0 Å². The van der Waals surface area contributed by atoms with Crippen LogP contribution in [0.2, 0.25) is 0 Å². The largest absolute Gasteiger partial charge is 0.390 e. The first-order valence-corrected chi connectivity index (χ1v) is 9.03. The molecule has 3 nitrogen and oxygen atoms in total. The van der Waals surface area contributed by atoms with E-state index in [9.17, 15) is 10.2 Å². The van der Waals surface area contributed by atoms with Gasteiger partial charge in [0.05, 0.1) is 23.4 Å². The Hall–Kier alpha value is -0.640. The summed E-state index contributed by atoms with van der Waals surface area (Å²) in [5.74, 6) is 0.358. The SMILES string of the molecule is C=C1CCC=C(C)CCC2CC(O)C(C)(CCC1O)OC2(C)C. The van der Waals surface area contributed by atoms with Gasteiger partial charge in [-0.15, -0.1) is 0 Å². The smallest absolute Gasteiger partial charge is 0.0920 e. The summed E-state index contributed by atoms with van der Waals surface area (Å²) in [4.78, 5) is 0. The van der Waals surface area contributed by atoms with E-state index in [1.54, 1.807) is 0 Å². The minimum Gasteiger partial charge on any atom is -0.390 e. The highest BCUT2D eigenvalue weighted by Crippen LogP contribution is 2.44. The quantitative estimate of drug-likeness (QED) is 0.659. The lowest BCUT2D eigenvalue weighted by Crippen LogP contribution is -2.57. The molecule has 0 aromatic rings. The van der Waals surface area contributed by atoms with Crippen molar-refractivity contribution in [1.29, 1.82) is 0 Å². The normalized spacial score (nSPS) is 39.7. The van der Waals surface area contributed by atoms with Crippen molar-refractivity contribution in [3.63, 3.8) is 0 Å². The number of allylic oxidation sites excluding steroid dienone is 2. The molecule has 2 heterocycles. The molecule has 0 radical (unpaired) electrons. The first-order valence-electron chi connectivity index (χ1n) is 9.03. The predicted octanol–water partition coefficient (Wildman–Crippen LogP) is 4.14. The van der Waals surface area contributed by atoms with E-state index in [1.807, 2.05) is 6.92 Å². The van der Waals surface area contributed by atoms with Crippen LogP contribution in [0.3, 0.4) is 0 Å². The molecule has 1 aliphatic carbocycles. The molecule has 23 heavy (non-hydrogen) atoms. The van der Waals surface area contributed by atoms with Crippen LogP contribution in [0.15, 0.2) is 23.8 Å². The van der Waals surface area contributed by atoms with Crippen LogP contribution in [0, 0.1) is 5.92 Å². The van der Waals surface area contributed by atoms with Gasteiger partial charge in [-0.25, -0.2) is 0 Å². The molecular formula is C20H34O3. The van der Waals surface area contributed by atoms with Crippen molar-refractivity contribution in [3.05, 3.63) is 23.8 Å². The summed E-state index contributed by atoms with van der Waals surface area (Å²) < 4.78 is 6.39. The Kier molecular flexibility index (Phi) is 5.76. The molecule has 3 rings (SSSR count). The molecule has 0 amide bonds. The Morgan fingerprint density at radius 2 is 1.87 bits per heavy atom. The molecule has 0 aromatic heterocycles. The van der Waals surface area contributed by atoms with Crippen LogP contribution in [0.4, 0.5) is 0 Å². The standard InChI is InChI=1S/C20H34O3/c1-14-7-6-8-15(2)17(21)11-12-20(5)18(22)13-16(10-9-14)19(3,4)23-20/h7,16-18,21-22H,2,6,8-13H2,1,3-5H3. The number of aliphatic hydroxyl groups is 2. The molecule has 0 aromatic carbocycles. The number of hydrogen-bond acceptors (Lipinski definition) is 3. The van der Waals surface area contributed by atoms with Crippen LogP contribution in [-0.2, 0) is 4.74 Å². The van der Waals surface area contributed by atoms with E-state index in [4.69, 9.17) is 4.74 Å². The van der Waals surface area contributed by atoms with E-state index in [0.717, 1.165) is 37.7 Å². The van der Waals surface area contributed by atoms with E-state index >= 15 is 0 Å². The van der Waals surface area contributed by atoms with Gasteiger partial charge in [0, 0.05) is 0 Å². The maximum Gasteiger partial charge on any atom is 0.0920 e. The van der Waals surface area contributed by atoms with E-state index in [-0.39, 0.29) is 5.60 Å². The molecule has 2 aliphatic heterocycles. The maximum absolute atomic E-state index is 10.7. The zero-order chi connectivity index (χ0) is 17.3. The summed E-state index contributed by atoms with van der Waals surface area (Å²) in [5, 5.41) is 21.0. The highest BCUT2D eigenvalue weighted by molar-refractivity contribution is 5.08. The molecule has 2 N–H and O–H groups in total. The van der Waals surface area contributed by atoms with Crippen LogP contribution in [-0.4, -0.2) is 33.6 Å². The van der Waals surface area contributed by atoms with Gasteiger partial charge < -0.3 is 14.9 Å². The lowest BCUT2D eigenvalue weighted by atomic mass is 9.73. The minimum atomic E-state index is -0.587. The van der Waals surface area contributed by atoms with Crippen molar-refractivity contribution in [2.45, 2.75) is 96.1 Å². The Morgan fingerprint density at radius 3 is 2.57 bits per heavy atom. The Labute approximate surface area is 141 Å². The van der Waals surface area contributed by atoms with Gasteiger partial charge in [-0.3, -0.25) is 0 Å². The fraction of sp³-hybridized carbons (Fsp3) is 0.800. The number of aliphatic hydroxyl groups excluding tert-OH is 2. The Balaban J connectivity index is 2.24. The molecule has 132 valence electrons. The summed E-state index contributed by atoms with van der Waals surface area (Å²) in [7, 11) is 0. The van der Waals surface area contributed by atoms with Crippen LogP contribution in [0.25, 0.3) is 0 Å². The predicted molar refractivity (Wildman–Crippen MR) is 94.3 cm³/mol. The number of hydrogen-bond donors (Lipinski definition) is 2. The van der Waals surface area contributed by atoms with Gasteiger partial charge in [-0.05, 0) is 84.1 Å². The van der Waals surface area contributed by atoms with Gasteiger partial charge in [-0.1, -0.05) is 18.2 Å². The fourth-order valence-electron chi connectivity index (χ4n) is 4.04. The Morgan fingerprint density at radius 1 is 1.17 bits per heavy atom. The second-order valence-corrected chi connectivity index (χ2v) is 8.31. The number of ether oxygens (including phenoxy) is 1. The highest BCUT2D eigenvalue weighted by Gasteiger charge is 2.48. The molecule has 0 spiro atoms. The third kappa shape index (κ3) is 4.46. The van der Waals surface area contributed by atoms with Gasteiger partial charge in [0.1, 0.15) is 0 Å². The molecule has 3 heteroatoms. The summed E-state index contributed by atoms with van der Waals surface area (Å²) in [6, 6.07) is 0. The second kappa shape index (κ2) is 7.08. The minimum absolute atomic E-state index is 0.250. The highest BCUT2D eigenvalue weighted by atomic mass is 16.5. The van der Waals surface area contributed by atoms with Crippen molar-refractivity contribution in [3.8, 4) is 0 Å².